The lowest BCUT2D eigenvalue weighted by Crippen LogP contribution is -2.37. The number of ketones is 2. The minimum Gasteiger partial charge on any atom is -0.367 e. The molecule has 0 unspecified atom stereocenters. The van der Waals surface area contributed by atoms with E-state index in [9.17, 15) is 9.59 Å². The molecule has 4 heteroatoms. The molecule has 1 aromatic carbocycles. The number of nitrogens with zero attached hydrogens (tertiary/aromatic N) is 1. The Morgan fingerprint density at radius 2 is 1.74 bits per heavy atom. The number of unbranched alkanes of at least 4 members (excludes halogenated alkanes) is 2. The number of allylic oxidation sites excluding steroid dienone is 2. The van der Waals surface area contributed by atoms with Crippen molar-refractivity contribution in [2.45, 2.75) is 33.1 Å². The average Bonchev–Trinajstić information content (AvgIpc) is 2.57. The average molecular weight is 314 g/mol. The second kappa shape index (κ2) is 8.63. The Bertz CT molecular complexity index is 583. The standard InChI is InChI=1S/C19H26N2O2/c1-3-5-8-12-21(13-11-20-4-2)17-14-18(22)15-9-6-7-10-16(15)19(17)23/h6-7,9-10,14,20H,3-5,8,11-13H2,1-2H3. The van der Waals surface area contributed by atoms with Gasteiger partial charge in [0.1, 0.15) is 0 Å². The van der Waals surface area contributed by atoms with Crippen molar-refractivity contribution in [2.75, 3.05) is 26.2 Å². The summed E-state index contributed by atoms with van der Waals surface area (Å²) in [7, 11) is 0. The summed E-state index contributed by atoms with van der Waals surface area (Å²) in [5.74, 6) is -0.104. The number of nitrogens with one attached hydrogen (secondary N) is 1. The Morgan fingerprint density at radius 3 is 2.43 bits per heavy atom. The lowest BCUT2D eigenvalue weighted by molar-refractivity contribution is 0.0950. The normalized spacial score (nSPS) is 13.7. The first-order valence-corrected chi connectivity index (χ1v) is 8.54. The van der Waals surface area contributed by atoms with Gasteiger partial charge in [0, 0.05) is 36.8 Å². The van der Waals surface area contributed by atoms with Crippen LogP contribution in [-0.2, 0) is 0 Å². The quantitative estimate of drug-likeness (QED) is 0.712. The number of carbonyl (C=O) groups is 2. The number of hydrogen-bond donors (Lipinski definition) is 1. The fourth-order valence-electron chi connectivity index (χ4n) is 2.83. The summed E-state index contributed by atoms with van der Waals surface area (Å²) in [6.07, 6.45) is 4.81. The predicted octanol–water partition coefficient (Wildman–Crippen LogP) is 3.05. The third-order valence-corrected chi connectivity index (χ3v) is 4.12. The van der Waals surface area contributed by atoms with E-state index in [1.807, 2.05) is 6.07 Å². The molecular weight excluding hydrogens is 288 g/mol. The van der Waals surface area contributed by atoms with Gasteiger partial charge in [-0.3, -0.25) is 9.59 Å². The van der Waals surface area contributed by atoms with Crippen LogP contribution in [-0.4, -0.2) is 42.6 Å². The van der Waals surface area contributed by atoms with Crippen LogP contribution in [0.1, 0.15) is 53.8 Å². The SMILES string of the molecule is CCCCCN(CCNCC)C1=CC(=O)c2ccccc2C1=O. The van der Waals surface area contributed by atoms with Crippen molar-refractivity contribution in [1.82, 2.24) is 10.2 Å². The van der Waals surface area contributed by atoms with E-state index in [2.05, 4.69) is 24.1 Å². The van der Waals surface area contributed by atoms with Gasteiger partial charge in [0.25, 0.3) is 0 Å². The first-order valence-electron chi connectivity index (χ1n) is 8.54. The summed E-state index contributed by atoms with van der Waals surface area (Å²) < 4.78 is 0. The highest BCUT2D eigenvalue weighted by atomic mass is 16.1. The predicted molar refractivity (Wildman–Crippen MR) is 92.8 cm³/mol. The van der Waals surface area contributed by atoms with Crippen LogP contribution in [0.5, 0.6) is 0 Å². The molecule has 0 heterocycles. The zero-order valence-corrected chi connectivity index (χ0v) is 14.1. The molecule has 1 aromatic rings. The van der Waals surface area contributed by atoms with Gasteiger partial charge in [0.05, 0.1) is 5.70 Å². The largest absolute Gasteiger partial charge is 0.367 e. The molecule has 0 amide bonds. The van der Waals surface area contributed by atoms with E-state index in [1.165, 1.54) is 6.08 Å². The highest BCUT2D eigenvalue weighted by Crippen LogP contribution is 2.23. The summed E-state index contributed by atoms with van der Waals surface area (Å²) in [4.78, 5) is 27.2. The minimum absolute atomic E-state index is 0.0341. The molecule has 0 aromatic heterocycles. The van der Waals surface area contributed by atoms with Gasteiger partial charge in [0.2, 0.25) is 5.78 Å². The number of rotatable bonds is 9. The molecule has 0 spiro atoms. The van der Waals surface area contributed by atoms with Gasteiger partial charge in [-0.15, -0.1) is 0 Å². The van der Waals surface area contributed by atoms with Gasteiger partial charge >= 0.3 is 0 Å². The van der Waals surface area contributed by atoms with E-state index < -0.39 is 0 Å². The summed E-state index contributed by atoms with van der Waals surface area (Å²) in [6, 6.07) is 7.08. The Balaban J connectivity index is 2.19. The molecule has 0 atom stereocenters. The van der Waals surface area contributed by atoms with Gasteiger partial charge < -0.3 is 10.2 Å². The zero-order chi connectivity index (χ0) is 16.7. The first kappa shape index (κ1) is 17.4. The van der Waals surface area contributed by atoms with Crippen LogP contribution in [0.4, 0.5) is 0 Å². The van der Waals surface area contributed by atoms with E-state index >= 15 is 0 Å². The molecule has 0 bridgehead atoms. The van der Waals surface area contributed by atoms with E-state index in [0.717, 1.165) is 45.4 Å². The van der Waals surface area contributed by atoms with Crippen LogP contribution in [0.15, 0.2) is 36.0 Å². The molecule has 0 fully saturated rings. The maximum Gasteiger partial charge on any atom is 0.209 e. The number of Topliss-reactive ketones (excluding diaryl/α,β-unsaturated/α-hetero) is 1. The van der Waals surface area contributed by atoms with E-state index in [-0.39, 0.29) is 11.6 Å². The zero-order valence-electron chi connectivity index (χ0n) is 14.1. The van der Waals surface area contributed by atoms with Crippen molar-refractivity contribution >= 4 is 11.6 Å². The Labute approximate surface area is 138 Å². The molecule has 4 nitrogen and oxygen atoms in total. The second-order valence-electron chi connectivity index (χ2n) is 5.82. The van der Waals surface area contributed by atoms with E-state index in [0.29, 0.717) is 16.8 Å². The summed E-state index contributed by atoms with van der Waals surface area (Å²) in [6.45, 7) is 7.48. The van der Waals surface area contributed by atoms with Crippen LogP contribution in [0.25, 0.3) is 0 Å². The van der Waals surface area contributed by atoms with Gasteiger partial charge in [-0.1, -0.05) is 51.0 Å². The van der Waals surface area contributed by atoms with Crippen LogP contribution < -0.4 is 5.32 Å². The molecule has 1 aliphatic rings. The molecule has 124 valence electrons. The van der Waals surface area contributed by atoms with E-state index in [1.54, 1.807) is 18.2 Å². The fourth-order valence-corrected chi connectivity index (χ4v) is 2.83. The van der Waals surface area contributed by atoms with Crippen molar-refractivity contribution in [2.24, 2.45) is 0 Å². The number of likely N-dealkylation sites (N-methyl/N-ethyl adjacent to an activating group) is 1. The topological polar surface area (TPSA) is 49.4 Å². The van der Waals surface area contributed by atoms with Crippen molar-refractivity contribution in [3.8, 4) is 0 Å². The Kier molecular flexibility index (Phi) is 6.53. The second-order valence-corrected chi connectivity index (χ2v) is 5.82. The van der Waals surface area contributed by atoms with Gasteiger partial charge in [-0.05, 0) is 13.0 Å². The third-order valence-electron chi connectivity index (χ3n) is 4.12. The highest BCUT2D eigenvalue weighted by molar-refractivity contribution is 6.24. The van der Waals surface area contributed by atoms with Gasteiger partial charge in [0.15, 0.2) is 5.78 Å². The molecule has 0 radical (unpaired) electrons. The van der Waals surface area contributed by atoms with Crippen LogP contribution in [0.2, 0.25) is 0 Å². The Morgan fingerprint density at radius 1 is 1.00 bits per heavy atom. The summed E-state index contributed by atoms with van der Waals surface area (Å²) >= 11 is 0. The molecule has 2 rings (SSSR count). The van der Waals surface area contributed by atoms with Crippen molar-refractivity contribution < 1.29 is 9.59 Å². The van der Waals surface area contributed by atoms with Gasteiger partial charge in [-0.2, -0.15) is 0 Å². The number of carbonyl (C=O) groups excluding carboxylic acids is 2. The van der Waals surface area contributed by atoms with Crippen LogP contribution in [0, 0.1) is 0 Å². The lowest BCUT2D eigenvalue weighted by Gasteiger charge is -2.29. The molecule has 0 saturated heterocycles. The van der Waals surface area contributed by atoms with Gasteiger partial charge in [-0.25, -0.2) is 0 Å². The molecule has 23 heavy (non-hydrogen) atoms. The lowest BCUT2D eigenvalue weighted by atomic mass is 9.92. The molecular formula is C19H26N2O2. The van der Waals surface area contributed by atoms with Crippen LogP contribution >= 0.6 is 0 Å². The third kappa shape index (κ3) is 4.29. The summed E-state index contributed by atoms with van der Waals surface area (Å²) in [5.41, 5.74) is 1.59. The number of hydrogen-bond acceptors (Lipinski definition) is 4. The van der Waals surface area contributed by atoms with E-state index in [4.69, 9.17) is 0 Å². The molecule has 1 aliphatic carbocycles. The Hall–Kier alpha value is -1.94. The highest BCUT2D eigenvalue weighted by Gasteiger charge is 2.28. The molecule has 0 saturated carbocycles. The minimum atomic E-state index is -0.0702. The monoisotopic (exact) mass is 314 g/mol. The smallest absolute Gasteiger partial charge is 0.209 e. The van der Waals surface area contributed by atoms with Crippen molar-refractivity contribution in [3.05, 3.63) is 47.2 Å². The first-order chi connectivity index (χ1) is 11.2. The number of benzene rings is 1. The maximum atomic E-state index is 12.8. The molecule has 0 aliphatic heterocycles. The molecule has 1 N–H and O–H groups in total. The number of fused-ring (bicyclic) bond motifs is 1. The van der Waals surface area contributed by atoms with Crippen LogP contribution in [0.3, 0.4) is 0 Å². The summed E-state index contributed by atoms with van der Waals surface area (Å²) in [5, 5.41) is 3.29. The van der Waals surface area contributed by atoms with Crippen molar-refractivity contribution in [1.29, 1.82) is 0 Å². The maximum absolute atomic E-state index is 12.8. The fraction of sp³-hybridized carbons (Fsp3) is 0.474. The van der Waals surface area contributed by atoms with Crippen molar-refractivity contribution in [3.63, 3.8) is 0 Å².